The first-order chi connectivity index (χ1) is 12.6. The zero-order chi connectivity index (χ0) is 18.1. The van der Waals surface area contributed by atoms with Crippen molar-refractivity contribution in [1.29, 1.82) is 0 Å². The van der Waals surface area contributed by atoms with E-state index in [1.165, 1.54) is 11.1 Å². The van der Waals surface area contributed by atoms with Crippen LogP contribution in [0, 0.1) is 0 Å². The smallest absolute Gasteiger partial charge is 0.255 e. The van der Waals surface area contributed by atoms with Crippen LogP contribution in [0.25, 0.3) is 0 Å². The van der Waals surface area contributed by atoms with Gasteiger partial charge in [-0.05, 0) is 48.6 Å². The van der Waals surface area contributed by atoms with Crippen LogP contribution >= 0.6 is 23.2 Å². The molecule has 3 nitrogen and oxygen atoms in total. The maximum atomic E-state index is 12.8. The maximum Gasteiger partial charge on any atom is 0.255 e. The van der Waals surface area contributed by atoms with Crippen molar-refractivity contribution in [1.82, 2.24) is 9.80 Å². The average Bonchev–Trinajstić information content (AvgIpc) is 2.67. The molecule has 136 valence electrons. The first-order valence-corrected chi connectivity index (χ1v) is 9.92. The molecule has 0 saturated carbocycles. The van der Waals surface area contributed by atoms with E-state index in [0.29, 0.717) is 21.7 Å². The lowest BCUT2D eigenvalue weighted by Gasteiger charge is -2.40. The minimum Gasteiger partial charge on any atom is -0.338 e. The number of carbonyl (C=O) groups is 1. The number of benzene rings is 2. The number of nitrogens with zero attached hydrogens (tertiary/aromatic N) is 2. The highest BCUT2D eigenvalue weighted by atomic mass is 35.5. The van der Waals surface area contributed by atoms with Gasteiger partial charge in [0.15, 0.2) is 0 Å². The lowest BCUT2D eigenvalue weighted by Crippen LogP contribution is -2.48. The van der Waals surface area contributed by atoms with Gasteiger partial charge in [-0.3, -0.25) is 9.69 Å². The largest absolute Gasteiger partial charge is 0.338 e. The van der Waals surface area contributed by atoms with Crippen LogP contribution in [0.15, 0.2) is 42.5 Å². The van der Waals surface area contributed by atoms with Gasteiger partial charge in [0.25, 0.3) is 5.91 Å². The van der Waals surface area contributed by atoms with Crippen molar-refractivity contribution >= 4 is 29.1 Å². The van der Waals surface area contributed by atoms with Crippen LogP contribution < -0.4 is 0 Å². The highest BCUT2D eigenvalue weighted by Gasteiger charge is 2.29. The monoisotopic (exact) mass is 388 g/mol. The van der Waals surface area contributed by atoms with Crippen molar-refractivity contribution in [2.24, 2.45) is 0 Å². The Morgan fingerprint density at radius 1 is 0.962 bits per heavy atom. The number of halogens is 2. The third-order valence-electron chi connectivity index (χ3n) is 5.59. The molecule has 2 aromatic rings. The number of fused-ring (bicyclic) bond motifs is 1. The molecule has 2 aromatic carbocycles. The van der Waals surface area contributed by atoms with E-state index in [2.05, 4.69) is 29.2 Å². The van der Waals surface area contributed by atoms with Gasteiger partial charge in [-0.2, -0.15) is 0 Å². The second-order valence-electron chi connectivity index (χ2n) is 7.14. The van der Waals surface area contributed by atoms with Gasteiger partial charge in [-0.25, -0.2) is 0 Å². The summed E-state index contributed by atoms with van der Waals surface area (Å²) >= 11 is 12.1. The Balaban J connectivity index is 1.38. The number of rotatable bonds is 2. The van der Waals surface area contributed by atoms with Crippen LogP contribution in [0.1, 0.15) is 34.3 Å². The minimum atomic E-state index is 0.00843. The topological polar surface area (TPSA) is 23.6 Å². The summed E-state index contributed by atoms with van der Waals surface area (Å²) in [6, 6.07) is 14.4. The molecule has 0 atom stereocenters. The molecule has 26 heavy (non-hydrogen) atoms. The molecule has 0 spiro atoms. The van der Waals surface area contributed by atoms with Gasteiger partial charge < -0.3 is 4.90 Å². The van der Waals surface area contributed by atoms with Crippen molar-refractivity contribution in [3.05, 3.63) is 69.2 Å². The van der Waals surface area contributed by atoms with Crippen LogP contribution in [0.4, 0.5) is 0 Å². The molecule has 0 bridgehead atoms. The number of hydrogen-bond donors (Lipinski definition) is 0. The van der Waals surface area contributed by atoms with Gasteiger partial charge >= 0.3 is 0 Å². The molecule has 2 aliphatic heterocycles. The summed E-state index contributed by atoms with van der Waals surface area (Å²) < 4.78 is 0. The molecular formula is C21H22Cl2N2O. The van der Waals surface area contributed by atoms with Gasteiger partial charge in [0.1, 0.15) is 0 Å². The van der Waals surface area contributed by atoms with Gasteiger partial charge in [-0.1, -0.05) is 47.5 Å². The zero-order valence-corrected chi connectivity index (χ0v) is 16.1. The Hall–Kier alpha value is -1.55. The Kier molecular flexibility index (Phi) is 5.21. The predicted molar refractivity (Wildman–Crippen MR) is 106 cm³/mol. The standard InChI is InChI=1S/C21H22Cl2N2O/c22-17-5-6-19(20(23)13-17)21(26)24-11-8-18(9-12-24)25-10-7-15-3-1-2-4-16(15)14-25/h1-6,13,18H,7-12,14H2. The van der Waals surface area contributed by atoms with Crippen LogP contribution in [-0.4, -0.2) is 41.4 Å². The summed E-state index contributed by atoms with van der Waals surface area (Å²) in [7, 11) is 0. The quantitative estimate of drug-likeness (QED) is 0.746. The molecule has 1 saturated heterocycles. The van der Waals surface area contributed by atoms with Crippen molar-refractivity contribution in [2.75, 3.05) is 19.6 Å². The molecule has 0 N–H and O–H groups in total. The van der Waals surface area contributed by atoms with E-state index in [-0.39, 0.29) is 5.91 Å². The number of amides is 1. The normalized spacial score (nSPS) is 18.6. The summed E-state index contributed by atoms with van der Waals surface area (Å²) in [5.41, 5.74) is 3.47. The molecule has 5 heteroatoms. The van der Waals surface area contributed by atoms with Crippen molar-refractivity contribution in [3.63, 3.8) is 0 Å². The van der Waals surface area contributed by atoms with E-state index in [4.69, 9.17) is 23.2 Å². The number of piperidine rings is 1. The van der Waals surface area contributed by atoms with Crippen LogP contribution in [-0.2, 0) is 13.0 Å². The number of likely N-dealkylation sites (tertiary alicyclic amines) is 1. The van der Waals surface area contributed by atoms with Crippen LogP contribution in [0.5, 0.6) is 0 Å². The van der Waals surface area contributed by atoms with E-state index in [9.17, 15) is 4.79 Å². The van der Waals surface area contributed by atoms with Gasteiger partial charge in [0.05, 0.1) is 10.6 Å². The van der Waals surface area contributed by atoms with Crippen molar-refractivity contribution < 1.29 is 4.79 Å². The third kappa shape index (κ3) is 3.62. The Bertz CT molecular complexity index is 815. The Morgan fingerprint density at radius 2 is 1.69 bits per heavy atom. The maximum absolute atomic E-state index is 12.8. The van der Waals surface area contributed by atoms with E-state index in [0.717, 1.165) is 45.4 Å². The summed E-state index contributed by atoms with van der Waals surface area (Å²) in [5, 5.41) is 0.980. The lowest BCUT2D eigenvalue weighted by atomic mass is 9.95. The molecule has 1 amide bonds. The lowest BCUT2D eigenvalue weighted by molar-refractivity contribution is 0.0599. The Labute approximate surface area is 164 Å². The van der Waals surface area contributed by atoms with E-state index in [1.54, 1.807) is 18.2 Å². The fourth-order valence-corrected chi connectivity index (χ4v) is 4.59. The van der Waals surface area contributed by atoms with Crippen LogP contribution in [0.3, 0.4) is 0 Å². The van der Waals surface area contributed by atoms with Gasteiger partial charge in [0.2, 0.25) is 0 Å². The summed E-state index contributed by atoms with van der Waals surface area (Å²) in [6.07, 6.45) is 3.15. The molecule has 4 rings (SSSR count). The fourth-order valence-electron chi connectivity index (χ4n) is 4.10. The zero-order valence-electron chi connectivity index (χ0n) is 14.6. The highest BCUT2D eigenvalue weighted by molar-refractivity contribution is 6.36. The molecule has 2 aliphatic rings. The molecule has 0 aromatic heterocycles. The van der Waals surface area contributed by atoms with Gasteiger partial charge in [0, 0.05) is 37.2 Å². The molecule has 0 unspecified atom stereocenters. The Morgan fingerprint density at radius 3 is 2.42 bits per heavy atom. The first kappa shape index (κ1) is 17.8. The highest BCUT2D eigenvalue weighted by Crippen LogP contribution is 2.27. The molecule has 0 aliphatic carbocycles. The van der Waals surface area contributed by atoms with Crippen molar-refractivity contribution in [3.8, 4) is 0 Å². The van der Waals surface area contributed by atoms with E-state index in [1.807, 2.05) is 4.90 Å². The second-order valence-corrected chi connectivity index (χ2v) is 7.98. The molecule has 0 radical (unpaired) electrons. The molecule has 2 heterocycles. The molecular weight excluding hydrogens is 367 g/mol. The molecule has 1 fully saturated rings. The predicted octanol–water partition coefficient (Wildman–Crippen LogP) is 4.66. The number of carbonyl (C=O) groups excluding carboxylic acids is 1. The third-order valence-corrected chi connectivity index (χ3v) is 6.14. The van der Waals surface area contributed by atoms with E-state index >= 15 is 0 Å². The summed E-state index contributed by atoms with van der Waals surface area (Å²) in [4.78, 5) is 17.3. The fraction of sp³-hybridized carbons (Fsp3) is 0.381. The van der Waals surface area contributed by atoms with Crippen molar-refractivity contribution in [2.45, 2.75) is 31.8 Å². The summed E-state index contributed by atoms with van der Waals surface area (Å²) in [5.74, 6) is 0.00843. The first-order valence-electron chi connectivity index (χ1n) is 9.17. The van der Waals surface area contributed by atoms with Gasteiger partial charge in [-0.15, -0.1) is 0 Å². The van der Waals surface area contributed by atoms with Crippen LogP contribution in [0.2, 0.25) is 10.0 Å². The average molecular weight is 389 g/mol. The summed E-state index contributed by atoms with van der Waals surface area (Å²) in [6.45, 7) is 3.69. The second kappa shape index (κ2) is 7.59. The van der Waals surface area contributed by atoms with E-state index < -0.39 is 0 Å². The minimum absolute atomic E-state index is 0.00843. The number of hydrogen-bond acceptors (Lipinski definition) is 2. The SMILES string of the molecule is O=C(c1ccc(Cl)cc1Cl)N1CCC(N2CCc3ccccc3C2)CC1.